The number of nitrogens with one attached hydrogen (secondary N) is 2. The molecule has 1 aliphatic rings. The molecule has 0 spiro atoms. The number of fused-ring (bicyclic) bond motifs is 1. The summed E-state index contributed by atoms with van der Waals surface area (Å²) in [6.07, 6.45) is 4.95. The van der Waals surface area contributed by atoms with Crippen LogP contribution in [-0.2, 0) is 4.79 Å². The van der Waals surface area contributed by atoms with Crippen LogP contribution in [0.1, 0.15) is 25.7 Å². The third-order valence-corrected chi connectivity index (χ3v) is 3.97. The first-order valence-corrected chi connectivity index (χ1v) is 7.34. The van der Waals surface area contributed by atoms with Gasteiger partial charge in [-0.2, -0.15) is 0 Å². The van der Waals surface area contributed by atoms with Crippen LogP contribution in [-0.4, -0.2) is 18.5 Å². The number of carbonyl (C=O) groups is 1. The van der Waals surface area contributed by atoms with E-state index in [4.69, 9.17) is 0 Å². The van der Waals surface area contributed by atoms with Gasteiger partial charge in [0.2, 0.25) is 5.91 Å². The average Bonchev–Trinajstić information content (AvgIpc) is 2.99. The van der Waals surface area contributed by atoms with Crippen LogP contribution < -0.4 is 10.6 Å². The molecule has 1 amide bonds. The zero-order valence-electron chi connectivity index (χ0n) is 11.6. The van der Waals surface area contributed by atoms with E-state index in [0.29, 0.717) is 12.6 Å². The Hall–Kier alpha value is -1.87. The Morgan fingerprint density at radius 2 is 1.80 bits per heavy atom. The molecular formula is C17H20N2O. The summed E-state index contributed by atoms with van der Waals surface area (Å²) in [7, 11) is 0. The van der Waals surface area contributed by atoms with Gasteiger partial charge in [0.05, 0.1) is 6.54 Å². The molecule has 0 unspecified atom stereocenters. The van der Waals surface area contributed by atoms with E-state index >= 15 is 0 Å². The van der Waals surface area contributed by atoms with E-state index in [-0.39, 0.29) is 5.91 Å². The van der Waals surface area contributed by atoms with Crippen molar-refractivity contribution in [1.82, 2.24) is 5.32 Å². The molecule has 1 aliphatic carbocycles. The van der Waals surface area contributed by atoms with E-state index in [1.807, 2.05) is 30.3 Å². The lowest BCUT2D eigenvalue weighted by Gasteiger charge is -2.12. The summed E-state index contributed by atoms with van der Waals surface area (Å²) in [5.74, 6) is 0.0354. The summed E-state index contributed by atoms with van der Waals surface area (Å²) >= 11 is 0. The lowest BCUT2D eigenvalue weighted by atomic mass is 10.1. The largest absolute Gasteiger partial charge is 0.324 e. The Morgan fingerprint density at radius 3 is 2.65 bits per heavy atom. The molecule has 3 nitrogen and oxygen atoms in total. The average molecular weight is 268 g/mol. The van der Waals surface area contributed by atoms with Crippen LogP contribution in [0, 0.1) is 0 Å². The highest BCUT2D eigenvalue weighted by molar-refractivity contribution is 6.02. The van der Waals surface area contributed by atoms with Gasteiger partial charge in [0.1, 0.15) is 0 Å². The van der Waals surface area contributed by atoms with Gasteiger partial charge in [-0.05, 0) is 24.3 Å². The molecule has 3 rings (SSSR count). The van der Waals surface area contributed by atoms with Crippen molar-refractivity contribution in [3.05, 3.63) is 42.5 Å². The van der Waals surface area contributed by atoms with Crippen LogP contribution in [0.25, 0.3) is 10.8 Å². The van der Waals surface area contributed by atoms with Crippen molar-refractivity contribution in [2.45, 2.75) is 31.7 Å². The second-order valence-corrected chi connectivity index (χ2v) is 5.44. The van der Waals surface area contributed by atoms with E-state index in [2.05, 4.69) is 22.8 Å². The minimum absolute atomic E-state index is 0.0354. The van der Waals surface area contributed by atoms with Crippen molar-refractivity contribution in [2.24, 2.45) is 0 Å². The quantitative estimate of drug-likeness (QED) is 0.893. The lowest BCUT2D eigenvalue weighted by molar-refractivity contribution is -0.115. The van der Waals surface area contributed by atoms with E-state index in [9.17, 15) is 4.79 Å². The number of anilines is 1. The molecule has 0 bridgehead atoms. The number of carbonyl (C=O) groups excluding carboxylic acids is 1. The summed E-state index contributed by atoms with van der Waals surface area (Å²) in [6, 6.07) is 14.6. The van der Waals surface area contributed by atoms with Crippen LogP contribution >= 0.6 is 0 Å². The molecule has 1 fully saturated rings. The van der Waals surface area contributed by atoms with Crippen LogP contribution in [0.3, 0.4) is 0 Å². The van der Waals surface area contributed by atoms with Crippen molar-refractivity contribution in [3.8, 4) is 0 Å². The summed E-state index contributed by atoms with van der Waals surface area (Å²) in [5, 5.41) is 8.58. The second kappa shape index (κ2) is 6.06. The van der Waals surface area contributed by atoms with Crippen molar-refractivity contribution in [2.75, 3.05) is 11.9 Å². The van der Waals surface area contributed by atoms with E-state index in [1.165, 1.54) is 25.7 Å². The fraction of sp³-hybridized carbons (Fsp3) is 0.353. The summed E-state index contributed by atoms with van der Waals surface area (Å²) in [5.41, 5.74) is 0.890. The molecule has 2 N–H and O–H groups in total. The molecule has 0 radical (unpaired) electrons. The summed E-state index contributed by atoms with van der Waals surface area (Å²) in [4.78, 5) is 12.0. The maximum absolute atomic E-state index is 12.0. The minimum Gasteiger partial charge on any atom is -0.324 e. The minimum atomic E-state index is 0.0354. The van der Waals surface area contributed by atoms with Gasteiger partial charge in [0, 0.05) is 17.1 Å². The van der Waals surface area contributed by atoms with Gasteiger partial charge in [-0.3, -0.25) is 4.79 Å². The smallest absolute Gasteiger partial charge is 0.238 e. The maximum atomic E-state index is 12.0. The van der Waals surface area contributed by atoms with Crippen molar-refractivity contribution in [3.63, 3.8) is 0 Å². The van der Waals surface area contributed by atoms with Crippen LogP contribution in [0.5, 0.6) is 0 Å². The second-order valence-electron chi connectivity index (χ2n) is 5.44. The normalized spacial score (nSPS) is 15.6. The Bertz CT molecular complexity index is 597. The third-order valence-electron chi connectivity index (χ3n) is 3.97. The Morgan fingerprint density at radius 1 is 1.05 bits per heavy atom. The number of hydrogen-bond acceptors (Lipinski definition) is 2. The Labute approximate surface area is 119 Å². The van der Waals surface area contributed by atoms with Gasteiger partial charge in [-0.1, -0.05) is 49.2 Å². The predicted octanol–water partition coefficient (Wildman–Crippen LogP) is 3.31. The van der Waals surface area contributed by atoms with E-state index in [1.54, 1.807) is 0 Å². The molecule has 0 atom stereocenters. The molecule has 0 heterocycles. The zero-order chi connectivity index (χ0) is 13.8. The molecule has 3 heteroatoms. The molecule has 104 valence electrons. The summed E-state index contributed by atoms with van der Waals surface area (Å²) in [6.45, 7) is 0.397. The van der Waals surface area contributed by atoms with Crippen molar-refractivity contribution >= 4 is 22.4 Å². The van der Waals surface area contributed by atoms with Gasteiger partial charge in [0.15, 0.2) is 0 Å². The van der Waals surface area contributed by atoms with Crippen LogP contribution in [0.15, 0.2) is 42.5 Å². The van der Waals surface area contributed by atoms with Gasteiger partial charge < -0.3 is 10.6 Å². The molecule has 1 saturated carbocycles. The fourth-order valence-electron chi connectivity index (χ4n) is 2.90. The molecule has 0 saturated heterocycles. The van der Waals surface area contributed by atoms with Crippen LogP contribution in [0.4, 0.5) is 5.69 Å². The Balaban J connectivity index is 1.65. The monoisotopic (exact) mass is 268 g/mol. The number of rotatable bonds is 4. The fourth-order valence-corrected chi connectivity index (χ4v) is 2.90. The van der Waals surface area contributed by atoms with Gasteiger partial charge in [-0.15, -0.1) is 0 Å². The first kappa shape index (κ1) is 13.1. The maximum Gasteiger partial charge on any atom is 0.238 e. The molecular weight excluding hydrogens is 248 g/mol. The molecule has 0 aromatic heterocycles. The molecule has 2 aromatic rings. The SMILES string of the molecule is O=C(CNC1CCCC1)Nc1cccc2ccccc12. The standard InChI is InChI=1S/C17H20N2O/c20-17(12-18-14-8-2-3-9-14)19-16-11-5-7-13-6-1-4-10-15(13)16/h1,4-7,10-11,14,18H,2-3,8-9,12H2,(H,19,20). The zero-order valence-corrected chi connectivity index (χ0v) is 11.6. The van der Waals surface area contributed by atoms with Gasteiger partial charge in [0.25, 0.3) is 0 Å². The number of benzene rings is 2. The molecule has 20 heavy (non-hydrogen) atoms. The van der Waals surface area contributed by atoms with Crippen molar-refractivity contribution < 1.29 is 4.79 Å². The Kier molecular flexibility index (Phi) is 3.97. The highest BCUT2D eigenvalue weighted by atomic mass is 16.1. The van der Waals surface area contributed by atoms with Crippen molar-refractivity contribution in [1.29, 1.82) is 0 Å². The molecule has 0 aliphatic heterocycles. The molecule has 2 aromatic carbocycles. The summed E-state index contributed by atoms with van der Waals surface area (Å²) < 4.78 is 0. The highest BCUT2D eigenvalue weighted by Crippen LogP contribution is 2.23. The van der Waals surface area contributed by atoms with E-state index < -0.39 is 0 Å². The first-order chi connectivity index (χ1) is 9.83. The lowest BCUT2D eigenvalue weighted by Crippen LogP contribution is -2.34. The number of hydrogen-bond donors (Lipinski definition) is 2. The predicted molar refractivity (Wildman–Crippen MR) is 82.8 cm³/mol. The van der Waals surface area contributed by atoms with Gasteiger partial charge >= 0.3 is 0 Å². The topological polar surface area (TPSA) is 41.1 Å². The highest BCUT2D eigenvalue weighted by Gasteiger charge is 2.15. The van der Waals surface area contributed by atoms with E-state index in [0.717, 1.165) is 16.5 Å². The third kappa shape index (κ3) is 2.99. The first-order valence-electron chi connectivity index (χ1n) is 7.34. The van der Waals surface area contributed by atoms with Crippen LogP contribution in [0.2, 0.25) is 0 Å². The number of amides is 1. The van der Waals surface area contributed by atoms with Gasteiger partial charge in [-0.25, -0.2) is 0 Å².